The fourth-order valence-corrected chi connectivity index (χ4v) is 3.17. The van der Waals surface area contributed by atoms with Gasteiger partial charge in [-0.1, -0.05) is 37.1 Å². The number of carbonyl (C=O) groups excluding carboxylic acids is 1. The third-order valence-electron chi connectivity index (χ3n) is 4.42. The van der Waals surface area contributed by atoms with Crippen LogP contribution in [0.4, 0.5) is 0 Å². The molecule has 1 aromatic rings. The van der Waals surface area contributed by atoms with Crippen LogP contribution in [-0.2, 0) is 14.9 Å². The lowest BCUT2D eigenvalue weighted by atomic mass is 9.74. The van der Waals surface area contributed by atoms with Crippen LogP contribution in [0.15, 0.2) is 24.3 Å². The molecule has 0 saturated carbocycles. The van der Waals surface area contributed by atoms with Crippen molar-refractivity contribution < 1.29 is 9.53 Å². The molecule has 1 aromatic carbocycles. The minimum atomic E-state index is -0.429. The van der Waals surface area contributed by atoms with Gasteiger partial charge in [-0.25, -0.2) is 0 Å². The number of rotatable bonds is 6. The minimum Gasteiger partial charge on any atom is -0.381 e. The molecule has 1 atom stereocenters. The second-order valence-electron chi connectivity index (χ2n) is 6.02. The van der Waals surface area contributed by atoms with Crippen molar-refractivity contribution in [3.05, 3.63) is 34.9 Å². The van der Waals surface area contributed by atoms with Crippen LogP contribution in [0.2, 0.25) is 5.02 Å². The fourth-order valence-electron chi connectivity index (χ4n) is 2.98. The molecule has 6 heteroatoms. The molecule has 4 nitrogen and oxygen atoms in total. The van der Waals surface area contributed by atoms with Gasteiger partial charge in [0.15, 0.2) is 0 Å². The molecule has 1 saturated heterocycles. The highest BCUT2D eigenvalue weighted by atomic mass is 35.5. The van der Waals surface area contributed by atoms with Gasteiger partial charge in [-0.3, -0.25) is 4.79 Å². The number of ether oxygens (including phenoxy) is 1. The SMILES string of the molecule is CCCC(N)C(=O)NCC1(c2cccc(Cl)c2)CCOCC1.Cl. The molecule has 1 aliphatic rings. The van der Waals surface area contributed by atoms with E-state index in [0.717, 1.165) is 29.8 Å². The van der Waals surface area contributed by atoms with Crippen LogP contribution in [0, 0.1) is 0 Å². The van der Waals surface area contributed by atoms with Crippen LogP contribution in [0.1, 0.15) is 38.2 Å². The Hall–Kier alpha value is -0.810. The maximum Gasteiger partial charge on any atom is 0.236 e. The average molecular weight is 361 g/mol. The third kappa shape index (κ3) is 5.35. The van der Waals surface area contributed by atoms with Crippen LogP contribution in [0.5, 0.6) is 0 Å². The van der Waals surface area contributed by atoms with Crippen LogP contribution in [0.3, 0.4) is 0 Å². The highest BCUT2D eigenvalue weighted by molar-refractivity contribution is 6.30. The molecule has 0 aliphatic carbocycles. The van der Waals surface area contributed by atoms with Crippen molar-refractivity contribution >= 4 is 29.9 Å². The lowest BCUT2D eigenvalue weighted by Gasteiger charge is -2.38. The van der Waals surface area contributed by atoms with E-state index < -0.39 is 6.04 Å². The highest BCUT2D eigenvalue weighted by Crippen LogP contribution is 2.35. The molecule has 0 radical (unpaired) electrons. The molecule has 1 amide bonds. The van der Waals surface area contributed by atoms with Gasteiger partial charge in [0.2, 0.25) is 5.91 Å². The Labute approximate surface area is 149 Å². The first-order chi connectivity index (χ1) is 10.6. The molecule has 0 bridgehead atoms. The number of nitrogens with two attached hydrogens (primary N) is 1. The largest absolute Gasteiger partial charge is 0.381 e. The summed E-state index contributed by atoms with van der Waals surface area (Å²) in [6, 6.07) is 7.47. The molecule has 1 fully saturated rings. The molecule has 2 rings (SSSR count). The molecular weight excluding hydrogens is 335 g/mol. The number of halogens is 2. The average Bonchev–Trinajstić information content (AvgIpc) is 2.53. The van der Waals surface area contributed by atoms with E-state index in [1.54, 1.807) is 0 Å². The monoisotopic (exact) mass is 360 g/mol. The van der Waals surface area contributed by atoms with Gasteiger partial charge in [0.1, 0.15) is 0 Å². The Balaban J connectivity index is 0.00000264. The van der Waals surface area contributed by atoms with Crippen molar-refractivity contribution in [3.63, 3.8) is 0 Å². The summed E-state index contributed by atoms with van der Waals surface area (Å²) in [6.07, 6.45) is 3.36. The number of hydrogen-bond donors (Lipinski definition) is 2. The maximum atomic E-state index is 12.1. The summed E-state index contributed by atoms with van der Waals surface area (Å²) < 4.78 is 5.50. The molecular formula is C17H26Cl2N2O2. The zero-order valence-corrected chi connectivity index (χ0v) is 15.1. The van der Waals surface area contributed by atoms with E-state index in [4.69, 9.17) is 22.1 Å². The van der Waals surface area contributed by atoms with Gasteiger partial charge in [0.05, 0.1) is 6.04 Å². The lowest BCUT2D eigenvalue weighted by molar-refractivity contribution is -0.123. The van der Waals surface area contributed by atoms with E-state index >= 15 is 0 Å². The van der Waals surface area contributed by atoms with Crippen molar-refractivity contribution in [2.24, 2.45) is 5.73 Å². The first-order valence-corrected chi connectivity index (χ1v) is 8.32. The van der Waals surface area contributed by atoms with Crippen molar-refractivity contribution in [3.8, 4) is 0 Å². The molecule has 1 unspecified atom stereocenters. The van der Waals surface area contributed by atoms with E-state index in [-0.39, 0.29) is 23.7 Å². The van der Waals surface area contributed by atoms with Gasteiger partial charge in [-0.05, 0) is 37.0 Å². The van der Waals surface area contributed by atoms with Crippen LogP contribution in [0.25, 0.3) is 0 Å². The smallest absolute Gasteiger partial charge is 0.236 e. The van der Waals surface area contributed by atoms with E-state index in [0.29, 0.717) is 26.2 Å². The topological polar surface area (TPSA) is 64.4 Å². The van der Waals surface area contributed by atoms with Gasteiger partial charge in [0, 0.05) is 30.2 Å². The van der Waals surface area contributed by atoms with E-state index in [2.05, 4.69) is 11.4 Å². The summed E-state index contributed by atoms with van der Waals surface area (Å²) >= 11 is 6.14. The van der Waals surface area contributed by atoms with Gasteiger partial charge in [-0.15, -0.1) is 12.4 Å². The number of nitrogens with one attached hydrogen (secondary N) is 1. The quantitative estimate of drug-likeness (QED) is 0.819. The molecule has 1 heterocycles. The molecule has 0 spiro atoms. The Morgan fingerprint density at radius 1 is 1.43 bits per heavy atom. The van der Waals surface area contributed by atoms with Crippen molar-refractivity contribution in [2.45, 2.75) is 44.1 Å². The predicted molar refractivity (Wildman–Crippen MR) is 96.3 cm³/mol. The fraction of sp³-hybridized carbons (Fsp3) is 0.588. The van der Waals surface area contributed by atoms with Crippen molar-refractivity contribution in [1.29, 1.82) is 0 Å². The normalized spacial score (nSPS) is 17.9. The molecule has 0 aromatic heterocycles. The Bertz CT molecular complexity index is 505. The number of hydrogen-bond acceptors (Lipinski definition) is 3. The second kappa shape index (κ2) is 9.48. The summed E-state index contributed by atoms with van der Waals surface area (Å²) in [5.41, 5.74) is 6.93. The van der Waals surface area contributed by atoms with Crippen LogP contribution in [-0.4, -0.2) is 31.7 Å². The summed E-state index contributed by atoms with van der Waals surface area (Å²) in [6.45, 7) is 4.00. The Morgan fingerprint density at radius 2 is 2.13 bits per heavy atom. The van der Waals surface area contributed by atoms with Crippen LogP contribution >= 0.6 is 24.0 Å². The Morgan fingerprint density at radius 3 is 2.74 bits per heavy atom. The number of carbonyl (C=O) groups is 1. The second-order valence-corrected chi connectivity index (χ2v) is 6.45. The summed E-state index contributed by atoms with van der Waals surface area (Å²) in [7, 11) is 0. The highest BCUT2D eigenvalue weighted by Gasteiger charge is 2.35. The van der Waals surface area contributed by atoms with Crippen LogP contribution < -0.4 is 11.1 Å². The first-order valence-electron chi connectivity index (χ1n) is 7.94. The first kappa shape index (κ1) is 20.2. The van der Waals surface area contributed by atoms with Gasteiger partial charge < -0.3 is 15.8 Å². The van der Waals surface area contributed by atoms with E-state index in [1.165, 1.54) is 0 Å². The lowest BCUT2D eigenvalue weighted by Crippen LogP contribution is -2.48. The Kier molecular flexibility index (Phi) is 8.34. The molecule has 1 aliphatic heterocycles. The van der Waals surface area contributed by atoms with Gasteiger partial charge >= 0.3 is 0 Å². The standard InChI is InChI=1S/C17H25ClN2O2.ClH/c1-2-4-15(19)16(21)20-12-17(7-9-22-10-8-17)13-5-3-6-14(18)11-13;/h3,5-6,11,15H,2,4,7-10,12,19H2,1H3,(H,20,21);1H. The van der Waals surface area contributed by atoms with Crippen molar-refractivity contribution in [2.75, 3.05) is 19.8 Å². The summed E-state index contributed by atoms with van der Waals surface area (Å²) in [4.78, 5) is 12.1. The maximum absolute atomic E-state index is 12.1. The molecule has 3 N–H and O–H groups in total. The van der Waals surface area contributed by atoms with Crippen molar-refractivity contribution in [1.82, 2.24) is 5.32 Å². The molecule has 130 valence electrons. The zero-order valence-electron chi connectivity index (χ0n) is 13.5. The summed E-state index contributed by atoms with van der Waals surface area (Å²) in [5.74, 6) is -0.0743. The van der Waals surface area contributed by atoms with Gasteiger partial charge in [-0.2, -0.15) is 0 Å². The summed E-state index contributed by atoms with van der Waals surface area (Å²) in [5, 5.41) is 3.75. The third-order valence-corrected chi connectivity index (χ3v) is 4.66. The molecule has 23 heavy (non-hydrogen) atoms. The zero-order chi connectivity index (χ0) is 16.0. The number of amides is 1. The number of benzene rings is 1. The minimum absolute atomic E-state index is 0. The van der Waals surface area contributed by atoms with Gasteiger partial charge in [0.25, 0.3) is 0 Å². The predicted octanol–water partition coefficient (Wildman–Crippen LogP) is 3.05. The van der Waals surface area contributed by atoms with E-state index in [1.807, 2.05) is 25.1 Å². The van der Waals surface area contributed by atoms with E-state index in [9.17, 15) is 4.79 Å².